The summed E-state index contributed by atoms with van der Waals surface area (Å²) in [5.41, 5.74) is 2.59. The number of nitrogens with one attached hydrogen (secondary N) is 1. The van der Waals surface area contributed by atoms with Crippen LogP contribution in [0.25, 0.3) is 0 Å². The quantitative estimate of drug-likeness (QED) is 0.328. The van der Waals surface area contributed by atoms with Crippen LogP contribution in [0, 0.1) is 11.3 Å². The molecule has 0 aliphatic carbocycles. The lowest BCUT2D eigenvalue weighted by Crippen LogP contribution is -2.22. The minimum atomic E-state index is 0.691. The van der Waals surface area contributed by atoms with Crippen LogP contribution in [-0.2, 0) is 0 Å². The lowest BCUT2D eigenvalue weighted by atomic mass is 10.1. The van der Waals surface area contributed by atoms with Crippen molar-refractivity contribution in [3.05, 3.63) is 0 Å². The second-order valence-electron chi connectivity index (χ2n) is 2.28. The third-order valence-electron chi connectivity index (χ3n) is 1.36. The van der Waals surface area contributed by atoms with Crippen molar-refractivity contribution >= 4 is 0 Å². The molecule has 0 atom stereocenters. The number of rotatable bonds is 6. The molecule has 0 heterocycles. The van der Waals surface area contributed by atoms with E-state index in [4.69, 9.17) is 11.1 Å². The van der Waals surface area contributed by atoms with E-state index in [1.165, 1.54) is 6.42 Å². The molecule has 0 bridgehead atoms. The fourth-order valence-corrected chi connectivity index (χ4v) is 0.785. The Morgan fingerprint density at radius 3 is 2.50 bits per heavy atom. The SMILES string of the molecule is N#CCCCCCCNN. The Morgan fingerprint density at radius 1 is 1.20 bits per heavy atom. The van der Waals surface area contributed by atoms with E-state index in [1.807, 2.05) is 0 Å². The summed E-state index contributed by atoms with van der Waals surface area (Å²) in [5, 5.41) is 8.19. The van der Waals surface area contributed by atoms with Gasteiger partial charge in [0, 0.05) is 13.0 Å². The van der Waals surface area contributed by atoms with Crippen molar-refractivity contribution in [3.8, 4) is 6.07 Å². The molecule has 0 rings (SSSR count). The van der Waals surface area contributed by atoms with E-state index >= 15 is 0 Å². The predicted molar refractivity (Wildman–Crippen MR) is 40.9 cm³/mol. The van der Waals surface area contributed by atoms with Gasteiger partial charge in [0.25, 0.3) is 0 Å². The molecule has 3 N–H and O–H groups in total. The van der Waals surface area contributed by atoms with Crippen molar-refractivity contribution in [1.29, 1.82) is 5.26 Å². The number of hydrazine groups is 1. The Bertz CT molecular complexity index is 95.5. The van der Waals surface area contributed by atoms with E-state index < -0.39 is 0 Å². The molecule has 0 unspecified atom stereocenters. The van der Waals surface area contributed by atoms with Crippen molar-refractivity contribution in [1.82, 2.24) is 5.43 Å². The molecule has 0 spiro atoms. The summed E-state index contributed by atoms with van der Waals surface area (Å²) in [6, 6.07) is 2.12. The Hall–Kier alpha value is -0.590. The summed E-state index contributed by atoms with van der Waals surface area (Å²) in [7, 11) is 0. The summed E-state index contributed by atoms with van der Waals surface area (Å²) < 4.78 is 0. The Balaban J connectivity index is 2.72. The van der Waals surface area contributed by atoms with Gasteiger partial charge in [-0.1, -0.05) is 12.8 Å². The first-order valence-electron chi connectivity index (χ1n) is 3.72. The van der Waals surface area contributed by atoms with Crippen LogP contribution in [0.3, 0.4) is 0 Å². The average Bonchev–Trinajstić information content (AvgIpc) is 1.97. The molecule has 0 aliphatic rings. The van der Waals surface area contributed by atoms with Crippen LogP contribution in [0.2, 0.25) is 0 Å². The van der Waals surface area contributed by atoms with Gasteiger partial charge in [0.05, 0.1) is 6.07 Å². The Kier molecular flexibility index (Phi) is 7.91. The molecule has 0 saturated carbocycles. The minimum Gasteiger partial charge on any atom is -0.271 e. The summed E-state index contributed by atoms with van der Waals surface area (Å²) >= 11 is 0. The maximum atomic E-state index is 8.19. The van der Waals surface area contributed by atoms with E-state index in [1.54, 1.807) is 0 Å². The third-order valence-corrected chi connectivity index (χ3v) is 1.36. The summed E-state index contributed by atoms with van der Waals surface area (Å²) in [6.45, 7) is 0.882. The molecule has 0 aromatic heterocycles. The van der Waals surface area contributed by atoms with E-state index in [9.17, 15) is 0 Å². The van der Waals surface area contributed by atoms with Gasteiger partial charge in [-0.3, -0.25) is 11.3 Å². The number of hydrogen-bond donors (Lipinski definition) is 2. The van der Waals surface area contributed by atoms with E-state index in [2.05, 4.69) is 11.5 Å². The highest BCUT2D eigenvalue weighted by Gasteiger charge is 1.87. The number of nitrogens with zero attached hydrogens (tertiary/aromatic N) is 1. The van der Waals surface area contributed by atoms with Gasteiger partial charge in [-0.05, 0) is 12.8 Å². The summed E-state index contributed by atoms with van der Waals surface area (Å²) in [5.74, 6) is 5.07. The smallest absolute Gasteiger partial charge is 0.0621 e. The Labute approximate surface area is 62.2 Å². The summed E-state index contributed by atoms with van der Waals surface area (Å²) in [4.78, 5) is 0. The fourth-order valence-electron chi connectivity index (χ4n) is 0.785. The highest BCUT2D eigenvalue weighted by atomic mass is 15.2. The summed E-state index contributed by atoms with van der Waals surface area (Å²) in [6.07, 6.45) is 5.15. The molecule has 10 heavy (non-hydrogen) atoms. The molecule has 0 aliphatic heterocycles. The zero-order chi connectivity index (χ0) is 7.66. The topological polar surface area (TPSA) is 61.8 Å². The van der Waals surface area contributed by atoms with E-state index in [0.717, 1.165) is 25.8 Å². The molecular weight excluding hydrogens is 126 g/mol. The van der Waals surface area contributed by atoms with Crippen LogP contribution in [0.15, 0.2) is 0 Å². The first-order valence-corrected chi connectivity index (χ1v) is 3.72. The molecule has 0 fully saturated rings. The van der Waals surface area contributed by atoms with Gasteiger partial charge >= 0.3 is 0 Å². The van der Waals surface area contributed by atoms with Crippen molar-refractivity contribution in [2.75, 3.05) is 6.54 Å². The van der Waals surface area contributed by atoms with Gasteiger partial charge in [-0.15, -0.1) is 0 Å². The molecule has 0 amide bonds. The van der Waals surface area contributed by atoms with Crippen LogP contribution >= 0.6 is 0 Å². The van der Waals surface area contributed by atoms with Crippen molar-refractivity contribution in [3.63, 3.8) is 0 Å². The van der Waals surface area contributed by atoms with Gasteiger partial charge in [0.15, 0.2) is 0 Å². The van der Waals surface area contributed by atoms with E-state index in [-0.39, 0.29) is 0 Å². The fraction of sp³-hybridized carbons (Fsp3) is 0.857. The molecule has 0 aromatic carbocycles. The second kappa shape index (κ2) is 8.41. The highest BCUT2D eigenvalue weighted by Crippen LogP contribution is 2.00. The van der Waals surface area contributed by atoms with Crippen molar-refractivity contribution < 1.29 is 0 Å². The zero-order valence-electron chi connectivity index (χ0n) is 6.27. The standard InChI is InChI=1S/C7H15N3/c8-6-4-2-1-3-5-7-10-9/h10H,1-5,7,9H2. The molecule has 0 radical (unpaired) electrons. The number of hydrogen-bond acceptors (Lipinski definition) is 3. The molecular formula is C7H15N3. The van der Waals surface area contributed by atoms with Crippen LogP contribution < -0.4 is 11.3 Å². The van der Waals surface area contributed by atoms with Crippen LogP contribution in [0.4, 0.5) is 0 Å². The number of nitrogens with two attached hydrogens (primary N) is 1. The monoisotopic (exact) mass is 141 g/mol. The third kappa shape index (κ3) is 7.41. The first-order chi connectivity index (χ1) is 4.91. The van der Waals surface area contributed by atoms with Gasteiger partial charge in [0.2, 0.25) is 0 Å². The lowest BCUT2D eigenvalue weighted by molar-refractivity contribution is 0.604. The van der Waals surface area contributed by atoms with Gasteiger partial charge in [0.1, 0.15) is 0 Å². The molecule has 3 heteroatoms. The van der Waals surface area contributed by atoms with Crippen molar-refractivity contribution in [2.45, 2.75) is 32.1 Å². The largest absolute Gasteiger partial charge is 0.271 e. The van der Waals surface area contributed by atoms with E-state index in [0.29, 0.717) is 6.42 Å². The van der Waals surface area contributed by atoms with Crippen molar-refractivity contribution in [2.24, 2.45) is 5.84 Å². The van der Waals surface area contributed by atoms with Gasteiger partial charge in [-0.2, -0.15) is 5.26 Å². The van der Waals surface area contributed by atoms with Crippen LogP contribution in [0.1, 0.15) is 32.1 Å². The maximum absolute atomic E-state index is 8.19. The van der Waals surface area contributed by atoms with Gasteiger partial charge in [-0.25, -0.2) is 0 Å². The first kappa shape index (κ1) is 9.41. The second-order valence-corrected chi connectivity index (χ2v) is 2.28. The van der Waals surface area contributed by atoms with Gasteiger partial charge < -0.3 is 0 Å². The molecule has 0 saturated heterocycles. The lowest BCUT2D eigenvalue weighted by Gasteiger charge is -1.96. The Morgan fingerprint density at radius 2 is 1.90 bits per heavy atom. The number of nitriles is 1. The predicted octanol–water partition coefficient (Wildman–Crippen LogP) is 0.924. The van der Waals surface area contributed by atoms with Crippen LogP contribution in [-0.4, -0.2) is 6.54 Å². The van der Waals surface area contributed by atoms with Crippen LogP contribution in [0.5, 0.6) is 0 Å². The minimum absolute atomic E-state index is 0.691. The zero-order valence-corrected chi connectivity index (χ0v) is 6.27. The highest BCUT2D eigenvalue weighted by molar-refractivity contribution is 4.67. The molecule has 3 nitrogen and oxygen atoms in total. The normalized spacial score (nSPS) is 9.20. The average molecular weight is 141 g/mol. The molecule has 58 valence electrons. The number of unbranched alkanes of at least 4 members (excludes halogenated alkanes) is 4. The molecule has 0 aromatic rings. The maximum Gasteiger partial charge on any atom is 0.0621 e.